The quantitative estimate of drug-likeness (QED) is 0.925. The number of rotatable bonds is 3. The van der Waals surface area contributed by atoms with Gasteiger partial charge in [0.1, 0.15) is 11.5 Å². The van der Waals surface area contributed by atoms with E-state index < -0.39 is 0 Å². The Morgan fingerprint density at radius 1 is 1.32 bits per heavy atom. The molecule has 0 spiro atoms. The Morgan fingerprint density at radius 2 is 2.09 bits per heavy atom. The van der Waals surface area contributed by atoms with Gasteiger partial charge in [-0.1, -0.05) is 11.2 Å². The van der Waals surface area contributed by atoms with Crippen LogP contribution in [0, 0.1) is 6.92 Å². The van der Waals surface area contributed by atoms with E-state index in [9.17, 15) is 4.79 Å². The number of amides is 1. The minimum atomic E-state index is -0.168. The van der Waals surface area contributed by atoms with Crippen molar-refractivity contribution >= 4 is 11.7 Å². The molecule has 116 valence electrons. The Labute approximate surface area is 128 Å². The summed E-state index contributed by atoms with van der Waals surface area (Å²) in [7, 11) is 1.61. The molecule has 1 aliphatic heterocycles. The molecule has 0 atom stereocenters. The van der Waals surface area contributed by atoms with Crippen LogP contribution in [0.5, 0.6) is 0 Å². The van der Waals surface area contributed by atoms with Gasteiger partial charge in [-0.3, -0.25) is 4.79 Å². The summed E-state index contributed by atoms with van der Waals surface area (Å²) in [6, 6.07) is 5.51. The predicted molar refractivity (Wildman–Crippen MR) is 80.9 cm³/mol. The van der Waals surface area contributed by atoms with Gasteiger partial charge in [-0.2, -0.15) is 4.98 Å². The Morgan fingerprint density at radius 3 is 2.73 bits per heavy atom. The normalized spacial score (nSPS) is 15.8. The van der Waals surface area contributed by atoms with Crippen LogP contribution in [0.25, 0.3) is 0 Å². The molecule has 1 fully saturated rings. The molecule has 3 heterocycles. The fourth-order valence-electron chi connectivity index (χ4n) is 2.69. The molecule has 2 aromatic heterocycles. The van der Waals surface area contributed by atoms with E-state index >= 15 is 0 Å². The molecule has 7 nitrogen and oxygen atoms in total. The standard InChI is InChI=1S/C15H19N5O2/c1-10-17-15(22-19-10)11-6-8-20(9-7-11)13-5-3-4-12(18-13)14(21)16-2/h3-5,11H,6-9H2,1-2H3,(H,16,21). The summed E-state index contributed by atoms with van der Waals surface area (Å²) in [5, 5.41) is 6.45. The molecule has 0 saturated carbocycles. The molecule has 1 N–H and O–H groups in total. The maximum Gasteiger partial charge on any atom is 0.269 e. The molecular weight excluding hydrogens is 282 g/mol. The van der Waals surface area contributed by atoms with Crippen molar-refractivity contribution in [1.29, 1.82) is 0 Å². The lowest BCUT2D eigenvalue weighted by atomic mass is 9.97. The number of carbonyl (C=O) groups is 1. The zero-order chi connectivity index (χ0) is 15.5. The van der Waals surface area contributed by atoms with Crippen molar-refractivity contribution in [3.8, 4) is 0 Å². The number of anilines is 1. The smallest absolute Gasteiger partial charge is 0.269 e. The van der Waals surface area contributed by atoms with Crippen LogP contribution in [0.1, 0.15) is 41.0 Å². The number of carbonyl (C=O) groups excluding carboxylic acids is 1. The maximum absolute atomic E-state index is 11.7. The SMILES string of the molecule is CNC(=O)c1cccc(N2CCC(c3nc(C)no3)CC2)n1. The first-order chi connectivity index (χ1) is 10.7. The molecule has 1 aliphatic rings. The van der Waals surface area contributed by atoms with Gasteiger partial charge in [0.2, 0.25) is 5.89 Å². The lowest BCUT2D eigenvalue weighted by molar-refractivity contribution is 0.0958. The van der Waals surface area contributed by atoms with Gasteiger partial charge in [-0.25, -0.2) is 4.98 Å². The molecule has 0 bridgehead atoms. The highest BCUT2D eigenvalue weighted by atomic mass is 16.5. The van der Waals surface area contributed by atoms with Crippen molar-refractivity contribution < 1.29 is 9.32 Å². The number of hydrogen-bond donors (Lipinski definition) is 1. The van der Waals surface area contributed by atoms with Crippen molar-refractivity contribution in [3.63, 3.8) is 0 Å². The summed E-state index contributed by atoms with van der Waals surface area (Å²) in [5.41, 5.74) is 0.439. The van der Waals surface area contributed by atoms with Crippen LogP contribution >= 0.6 is 0 Å². The van der Waals surface area contributed by atoms with Gasteiger partial charge in [0.05, 0.1) is 0 Å². The molecule has 1 saturated heterocycles. The fraction of sp³-hybridized carbons (Fsp3) is 0.467. The Bertz CT molecular complexity index is 661. The highest BCUT2D eigenvalue weighted by Gasteiger charge is 2.25. The number of aryl methyl sites for hydroxylation is 1. The zero-order valence-corrected chi connectivity index (χ0v) is 12.7. The van der Waals surface area contributed by atoms with Gasteiger partial charge in [0, 0.05) is 26.1 Å². The first-order valence-corrected chi connectivity index (χ1v) is 7.41. The summed E-state index contributed by atoms with van der Waals surface area (Å²) >= 11 is 0. The Hall–Kier alpha value is -2.44. The molecule has 7 heteroatoms. The molecule has 0 radical (unpaired) electrons. The van der Waals surface area contributed by atoms with Gasteiger partial charge in [0.25, 0.3) is 5.91 Å². The van der Waals surface area contributed by atoms with E-state index in [4.69, 9.17) is 4.52 Å². The van der Waals surface area contributed by atoms with Crippen LogP contribution in [0.2, 0.25) is 0 Å². The molecule has 0 aromatic carbocycles. The lowest BCUT2D eigenvalue weighted by Crippen LogP contribution is -2.34. The van der Waals surface area contributed by atoms with Gasteiger partial charge >= 0.3 is 0 Å². The molecule has 0 aliphatic carbocycles. The summed E-state index contributed by atoms with van der Waals surface area (Å²) < 4.78 is 5.26. The van der Waals surface area contributed by atoms with Gasteiger partial charge < -0.3 is 14.7 Å². The molecule has 0 unspecified atom stereocenters. The molecule has 2 aromatic rings. The number of nitrogens with zero attached hydrogens (tertiary/aromatic N) is 4. The highest BCUT2D eigenvalue weighted by Crippen LogP contribution is 2.28. The summed E-state index contributed by atoms with van der Waals surface area (Å²) in [6.07, 6.45) is 1.88. The van der Waals surface area contributed by atoms with Crippen LogP contribution in [-0.2, 0) is 0 Å². The van der Waals surface area contributed by atoms with E-state index in [1.807, 2.05) is 19.1 Å². The molecule has 22 heavy (non-hydrogen) atoms. The third kappa shape index (κ3) is 2.93. The summed E-state index contributed by atoms with van der Waals surface area (Å²) in [5.74, 6) is 2.38. The second-order valence-corrected chi connectivity index (χ2v) is 5.40. The van der Waals surface area contributed by atoms with E-state index in [2.05, 4.69) is 25.3 Å². The van der Waals surface area contributed by atoms with Crippen molar-refractivity contribution in [1.82, 2.24) is 20.4 Å². The largest absolute Gasteiger partial charge is 0.357 e. The zero-order valence-electron chi connectivity index (χ0n) is 12.7. The first-order valence-electron chi connectivity index (χ1n) is 7.41. The van der Waals surface area contributed by atoms with Crippen molar-refractivity contribution in [3.05, 3.63) is 35.6 Å². The number of pyridine rings is 1. The topological polar surface area (TPSA) is 84.2 Å². The Balaban J connectivity index is 1.67. The van der Waals surface area contributed by atoms with E-state index in [1.165, 1.54) is 0 Å². The van der Waals surface area contributed by atoms with E-state index in [-0.39, 0.29) is 5.91 Å². The third-order valence-electron chi connectivity index (χ3n) is 3.91. The number of aromatic nitrogens is 3. The van der Waals surface area contributed by atoms with Crippen LogP contribution in [0.3, 0.4) is 0 Å². The summed E-state index contributed by atoms with van der Waals surface area (Å²) in [4.78, 5) is 22.6. The second kappa shape index (κ2) is 6.13. The lowest BCUT2D eigenvalue weighted by Gasteiger charge is -2.31. The average molecular weight is 301 g/mol. The van der Waals surface area contributed by atoms with E-state index in [0.717, 1.165) is 37.6 Å². The number of piperidine rings is 1. The predicted octanol–water partition coefficient (Wildman–Crippen LogP) is 1.52. The monoisotopic (exact) mass is 301 g/mol. The molecule has 3 rings (SSSR count). The van der Waals surface area contributed by atoms with Crippen LogP contribution < -0.4 is 10.2 Å². The second-order valence-electron chi connectivity index (χ2n) is 5.40. The summed E-state index contributed by atoms with van der Waals surface area (Å²) in [6.45, 7) is 3.54. The number of hydrogen-bond acceptors (Lipinski definition) is 6. The molecule has 1 amide bonds. The van der Waals surface area contributed by atoms with Gasteiger partial charge in [-0.05, 0) is 31.9 Å². The first kappa shape index (κ1) is 14.5. The van der Waals surface area contributed by atoms with Crippen LogP contribution in [0.4, 0.5) is 5.82 Å². The molecular formula is C15H19N5O2. The van der Waals surface area contributed by atoms with Crippen LogP contribution in [0.15, 0.2) is 22.7 Å². The minimum absolute atomic E-state index is 0.168. The Kier molecular flexibility index (Phi) is 4.04. The van der Waals surface area contributed by atoms with Crippen molar-refractivity contribution in [2.24, 2.45) is 0 Å². The minimum Gasteiger partial charge on any atom is -0.357 e. The van der Waals surface area contributed by atoms with Gasteiger partial charge in [0.15, 0.2) is 5.82 Å². The highest BCUT2D eigenvalue weighted by molar-refractivity contribution is 5.92. The van der Waals surface area contributed by atoms with Crippen LogP contribution in [-0.4, -0.2) is 41.2 Å². The van der Waals surface area contributed by atoms with Crippen molar-refractivity contribution in [2.75, 3.05) is 25.0 Å². The average Bonchev–Trinajstić information content (AvgIpc) is 3.01. The maximum atomic E-state index is 11.7. The van der Waals surface area contributed by atoms with Gasteiger partial charge in [-0.15, -0.1) is 0 Å². The van der Waals surface area contributed by atoms with E-state index in [1.54, 1.807) is 13.1 Å². The van der Waals surface area contributed by atoms with E-state index in [0.29, 0.717) is 17.4 Å². The van der Waals surface area contributed by atoms with Crippen molar-refractivity contribution in [2.45, 2.75) is 25.7 Å². The fourth-order valence-corrected chi connectivity index (χ4v) is 2.69. The number of nitrogens with one attached hydrogen (secondary N) is 1. The third-order valence-corrected chi connectivity index (χ3v) is 3.91.